The van der Waals surface area contributed by atoms with E-state index in [4.69, 9.17) is 4.52 Å². The summed E-state index contributed by atoms with van der Waals surface area (Å²) in [6.07, 6.45) is -1.07. The fraction of sp³-hybridized carbons (Fsp3) is 0.467. The maximum atomic E-state index is 12.2. The highest BCUT2D eigenvalue weighted by molar-refractivity contribution is 7.90. The zero-order valence-electron chi connectivity index (χ0n) is 12.9. The van der Waals surface area contributed by atoms with E-state index in [-0.39, 0.29) is 22.7 Å². The van der Waals surface area contributed by atoms with Gasteiger partial charge in [-0.25, -0.2) is 8.42 Å². The predicted octanol–water partition coefficient (Wildman–Crippen LogP) is 2.02. The van der Waals surface area contributed by atoms with E-state index in [0.717, 1.165) is 0 Å². The summed E-state index contributed by atoms with van der Waals surface area (Å²) in [5, 5.41) is 13.7. The van der Waals surface area contributed by atoms with Gasteiger partial charge in [0, 0.05) is 5.41 Å². The zero-order valence-corrected chi connectivity index (χ0v) is 13.7. The molecule has 0 spiro atoms. The maximum Gasteiger partial charge on any atom is 0.232 e. The third kappa shape index (κ3) is 4.38. The van der Waals surface area contributed by atoms with Crippen LogP contribution in [0, 0.1) is 0 Å². The normalized spacial score (nSPS) is 14.0. The molecule has 0 aliphatic carbocycles. The van der Waals surface area contributed by atoms with Crippen molar-refractivity contribution in [2.75, 3.05) is 5.75 Å². The molecule has 1 aromatic heterocycles. The molecular formula is C15H20N2O4S. The third-order valence-electron chi connectivity index (χ3n) is 3.05. The van der Waals surface area contributed by atoms with E-state index in [0.29, 0.717) is 11.5 Å². The minimum absolute atomic E-state index is 0.116. The van der Waals surface area contributed by atoms with Crippen LogP contribution >= 0.6 is 0 Å². The first kappa shape index (κ1) is 16.6. The minimum Gasteiger partial charge on any atom is -0.387 e. The van der Waals surface area contributed by atoms with Crippen LogP contribution in [0.15, 0.2) is 34.9 Å². The lowest BCUT2D eigenvalue weighted by atomic mass is 9.97. The Kier molecular flexibility index (Phi) is 4.67. The van der Waals surface area contributed by atoms with Gasteiger partial charge < -0.3 is 9.63 Å². The molecule has 2 aromatic rings. The number of sulfone groups is 1. The summed E-state index contributed by atoms with van der Waals surface area (Å²) >= 11 is 0. The molecule has 7 heteroatoms. The molecule has 1 atom stereocenters. The lowest BCUT2D eigenvalue weighted by molar-refractivity contribution is 0.201. The van der Waals surface area contributed by atoms with Crippen LogP contribution in [0.5, 0.6) is 0 Å². The predicted molar refractivity (Wildman–Crippen MR) is 81.9 cm³/mol. The van der Waals surface area contributed by atoms with E-state index in [1.807, 2.05) is 20.8 Å². The fourth-order valence-electron chi connectivity index (χ4n) is 1.88. The molecule has 0 aliphatic rings. The second-order valence-electron chi connectivity index (χ2n) is 6.25. The Morgan fingerprint density at radius 1 is 1.23 bits per heavy atom. The van der Waals surface area contributed by atoms with Gasteiger partial charge in [0.2, 0.25) is 5.89 Å². The SMILES string of the molecule is CC(C)(C)c1nc(CS(=O)(=O)C[C@@H](O)c2ccccc2)no1. The van der Waals surface area contributed by atoms with Gasteiger partial charge in [-0.2, -0.15) is 4.98 Å². The van der Waals surface area contributed by atoms with Crippen molar-refractivity contribution in [1.82, 2.24) is 10.1 Å². The average molecular weight is 324 g/mol. The van der Waals surface area contributed by atoms with Crippen molar-refractivity contribution in [3.8, 4) is 0 Å². The molecule has 0 aliphatic heterocycles. The van der Waals surface area contributed by atoms with Crippen LogP contribution in [0.25, 0.3) is 0 Å². The van der Waals surface area contributed by atoms with Crippen LogP contribution in [0.4, 0.5) is 0 Å². The van der Waals surface area contributed by atoms with Gasteiger partial charge >= 0.3 is 0 Å². The van der Waals surface area contributed by atoms with Gasteiger partial charge in [-0.15, -0.1) is 0 Å². The third-order valence-corrected chi connectivity index (χ3v) is 4.58. The van der Waals surface area contributed by atoms with Crippen LogP contribution in [-0.4, -0.2) is 29.4 Å². The van der Waals surface area contributed by atoms with E-state index in [9.17, 15) is 13.5 Å². The molecule has 0 fully saturated rings. The van der Waals surface area contributed by atoms with Crippen molar-refractivity contribution in [2.45, 2.75) is 38.0 Å². The largest absolute Gasteiger partial charge is 0.387 e. The van der Waals surface area contributed by atoms with Crippen LogP contribution < -0.4 is 0 Å². The second-order valence-corrected chi connectivity index (χ2v) is 8.36. The first-order valence-electron chi connectivity index (χ1n) is 6.94. The number of hydrogen-bond donors (Lipinski definition) is 1. The average Bonchev–Trinajstić information content (AvgIpc) is 2.86. The molecule has 0 saturated heterocycles. The van der Waals surface area contributed by atoms with Crippen molar-refractivity contribution in [3.05, 3.63) is 47.6 Å². The lowest BCUT2D eigenvalue weighted by Crippen LogP contribution is -2.17. The molecule has 1 aromatic carbocycles. The quantitative estimate of drug-likeness (QED) is 0.904. The van der Waals surface area contributed by atoms with Gasteiger partial charge in [0.1, 0.15) is 5.75 Å². The highest BCUT2D eigenvalue weighted by atomic mass is 32.2. The molecule has 1 N–H and O–H groups in total. The Morgan fingerprint density at radius 2 is 1.86 bits per heavy atom. The zero-order chi connectivity index (χ0) is 16.4. The molecule has 1 heterocycles. The second kappa shape index (κ2) is 6.18. The molecule has 0 amide bonds. The summed E-state index contributed by atoms with van der Waals surface area (Å²) in [7, 11) is -3.55. The summed E-state index contributed by atoms with van der Waals surface area (Å²) in [4.78, 5) is 4.11. The van der Waals surface area contributed by atoms with Crippen molar-refractivity contribution in [1.29, 1.82) is 0 Å². The van der Waals surface area contributed by atoms with Gasteiger partial charge in [-0.05, 0) is 5.56 Å². The first-order valence-corrected chi connectivity index (χ1v) is 8.76. The summed E-state index contributed by atoms with van der Waals surface area (Å²) in [5.41, 5.74) is 0.230. The minimum atomic E-state index is -3.55. The van der Waals surface area contributed by atoms with Crippen LogP contribution in [-0.2, 0) is 21.0 Å². The highest BCUT2D eigenvalue weighted by Gasteiger charge is 2.25. The molecule has 0 bridgehead atoms. The Balaban J connectivity index is 2.07. The molecule has 22 heavy (non-hydrogen) atoms. The van der Waals surface area contributed by atoms with Crippen molar-refractivity contribution in [3.63, 3.8) is 0 Å². The number of aliphatic hydroxyl groups excluding tert-OH is 1. The van der Waals surface area contributed by atoms with E-state index >= 15 is 0 Å². The van der Waals surface area contributed by atoms with E-state index in [1.165, 1.54) is 0 Å². The Bertz CT molecular complexity index is 718. The van der Waals surface area contributed by atoms with Gasteiger partial charge in [-0.3, -0.25) is 0 Å². The van der Waals surface area contributed by atoms with Gasteiger partial charge in [0.15, 0.2) is 15.7 Å². The first-order chi connectivity index (χ1) is 10.2. The summed E-state index contributed by atoms with van der Waals surface area (Å²) in [6.45, 7) is 5.70. The summed E-state index contributed by atoms with van der Waals surface area (Å²) in [5.74, 6) is -0.223. The van der Waals surface area contributed by atoms with Gasteiger partial charge in [0.25, 0.3) is 0 Å². The number of aromatic nitrogens is 2. The summed E-state index contributed by atoms with van der Waals surface area (Å²) in [6, 6.07) is 8.68. The summed E-state index contributed by atoms with van der Waals surface area (Å²) < 4.78 is 29.4. The smallest absolute Gasteiger partial charge is 0.232 e. The van der Waals surface area contributed by atoms with Crippen molar-refractivity contribution >= 4 is 9.84 Å². The molecule has 6 nitrogen and oxygen atoms in total. The fourth-order valence-corrected chi connectivity index (χ4v) is 3.19. The van der Waals surface area contributed by atoms with Crippen LogP contribution in [0.2, 0.25) is 0 Å². The van der Waals surface area contributed by atoms with Gasteiger partial charge in [-0.1, -0.05) is 56.3 Å². The molecule has 2 rings (SSSR count). The van der Waals surface area contributed by atoms with E-state index < -0.39 is 15.9 Å². The standard InChI is InChI=1S/C15H20N2O4S/c1-15(2,3)14-16-13(17-21-14)10-22(19,20)9-12(18)11-7-5-4-6-8-11/h4-8,12,18H,9-10H2,1-3H3/t12-/m1/s1. The topological polar surface area (TPSA) is 93.3 Å². The molecule has 120 valence electrons. The molecule has 0 radical (unpaired) electrons. The van der Waals surface area contributed by atoms with E-state index in [2.05, 4.69) is 10.1 Å². The number of benzene rings is 1. The van der Waals surface area contributed by atoms with E-state index in [1.54, 1.807) is 30.3 Å². The Morgan fingerprint density at radius 3 is 2.41 bits per heavy atom. The maximum absolute atomic E-state index is 12.2. The van der Waals surface area contributed by atoms with Crippen LogP contribution in [0.3, 0.4) is 0 Å². The molecule has 0 saturated carbocycles. The van der Waals surface area contributed by atoms with Gasteiger partial charge in [0.05, 0.1) is 11.9 Å². The Hall–Kier alpha value is -1.73. The lowest BCUT2D eigenvalue weighted by Gasteiger charge is -2.11. The molecule has 0 unspecified atom stereocenters. The van der Waals surface area contributed by atoms with Crippen molar-refractivity contribution < 1.29 is 18.0 Å². The number of hydrogen-bond acceptors (Lipinski definition) is 6. The highest BCUT2D eigenvalue weighted by Crippen LogP contribution is 2.21. The molecular weight excluding hydrogens is 304 g/mol. The Labute approximate surface area is 130 Å². The number of aliphatic hydroxyl groups is 1. The number of nitrogens with zero attached hydrogens (tertiary/aromatic N) is 2. The van der Waals surface area contributed by atoms with Crippen molar-refractivity contribution in [2.24, 2.45) is 0 Å². The number of rotatable bonds is 5. The monoisotopic (exact) mass is 324 g/mol. The van der Waals surface area contributed by atoms with Crippen LogP contribution in [0.1, 0.15) is 44.2 Å².